The average molecular weight is 379 g/mol. The van der Waals surface area contributed by atoms with Gasteiger partial charge < -0.3 is 4.74 Å². The summed E-state index contributed by atoms with van der Waals surface area (Å²) in [5, 5.41) is 0. The van der Waals surface area contributed by atoms with Crippen LogP contribution in [0.15, 0.2) is 39.5 Å². The van der Waals surface area contributed by atoms with Gasteiger partial charge in [0.25, 0.3) is 0 Å². The van der Waals surface area contributed by atoms with Crippen molar-refractivity contribution in [2.75, 3.05) is 0 Å². The number of nitrogens with zero attached hydrogens (tertiary/aromatic N) is 1. The predicted octanol–water partition coefficient (Wildman–Crippen LogP) is 4.46. The van der Waals surface area contributed by atoms with Crippen LogP contribution in [0.25, 0.3) is 0 Å². The molecule has 0 N–H and O–H groups in total. The van der Waals surface area contributed by atoms with Gasteiger partial charge in [0, 0.05) is 0 Å². The van der Waals surface area contributed by atoms with Crippen LogP contribution in [0.3, 0.4) is 0 Å². The lowest BCUT2D eigenvalue weighted by Gasteiger charge is -2.08. The van der Waals surface area contributed by atoms with Crippen LogP contribution in [0.5, 0.6) is 5.75 Å². The van der Waals surface area contributed by atoms with E-state index in [1.807, 2.05) is 0 Å². The monoisotopic (exact) mass is 377 g/mol. The molecule has 0 atom stereocenters. The summed E-state index contributed by atoms with van der Waals surface area (Å²) in [6.07, 6.45) is 1.47. The van der Waals surface area contributed by atoms with Crippen molar-refractivity contribution in [1.29, 1.82) is 0 Å². The largest absolute Gasteiger partial charge is 0.487 e. The van der Waals surface area contributed by atoms with Crippen LogP contribution >= 0.6 is 31.9 Å². The summed E-state index contributed by atoms with van der Waals surface area (Å²) in [4.78, 5) is 3.95. The van der Waals surface area contributed by atoms with Crippen molar-refractivity contribution in [3.8, 4) is 5.75 Å². The standard InChI is InChI=1S/C12H7Br2F2NO/c13-9-2-3-10(15)8(12(9)16)6-18-7-1-4-11(14)17-5-7/h1-5H,6H2. The van der Waals surface area contributed by atoms with E-state index in [2.05, 4.69) is 36.8 Å². The molecule has 18 heavy (non-hydrogen) atoms. The predicted molar refractivity (Wildman–Crippen MR) is 70.3 cm³/mol. The first-order valence-electron chi connectivity index (χ1n) is 4.94. The van der Waals surface area contributed by atoms with Gasteiger partial charge in [0.05, 0.1) is 16.2 Å². The highest BCUT2D eigenvalue weighted by atomic mass is 79.9. The maximum absolute atomic E-state index is 13.6. The Kier molecular flexibility index (Phi) is 4.29. The van der Waals surface area contributed by atoms with Gasteiger partial charge >= 0.3 is 0 Å². The number of aromatic nitrogens is 1. The number of hydrogen-bond donors (Lipinski definition) is 0. The fraction of sp³-hybridized carbons (Fsp3) is 0.0833. The molecule has 2 nitrogen and oxygen atoms in total. The van der Waals surface area contributed by atoms with Gasteiger partial charge in [-0.1, -0.05) is 0 Å². The number of benzene rings is 1. The van der Waals surface area contributed by atoms with Gasteiger partial charge in [-0.15, -0.1) is 0 Å². The van der Waals surface area contributed by atoms with Gasteiger partial charge in [0.15, 0.2) is 0 Å². The van der Waals surface area contributed by atoms with Crippen molar-refractivity contribution in [2.45, 2.75) is 6.61 Å². The second kappa shape index (κ2) is 5.75. The molecule has 94 valence electrons. The molecular formula is C12H7Br2F2NO. The first-order valence-corrected chi connectivity index (χ1v) is 6.53. The molecule has 1 aromatic heterocycles. The maximum Gasteiger partial charge on any atom is 0.146 e. The Morgan fingerprint density at radius 1 is 1.11 bits per heavy atom. The Morgan fingerprint density at radius 2 is 1.89 bits per heavy atom. The topological polar surface area (TPSA) is 22.1 Å². The van der Waals surface area contributed by atoms with E-state index in [0.717, 1.165) is 0 Å². The molecule has 0 radical (unpaired) electrons. The zero-order valence-electron chi connectivity index (χ0n) is 8.96. The lowest BCUT2D eigenvalue weighted by molar-refractivity contribution is 0.291. The van der Waals surface area contributed by atoms with Crippen molar-refractivity contribution in [3.63, 3.8) is 0 Å². The number of rotatable bonds is 3. The van der Waals surface area contributed by atoms with Gasteiger partial charge in [-0.2, -0.15) is 0 Å². The lowest BCUT2D eigenvalue weighted by atomic mass is 10.2. The Hall–Kier alpha value is -1.01. The van der Waals surface area contributed by atoms with Crippen LogP contribution in [0, 0.1) is 11.6 Å². The second-order valence-corrected chi connectivity index (χ2v) is 5.09. The third kappa shape index (κ3) is 3.05. The van der Waals surface area contributed by atoms with Gasteiger partial charge in [0.2, 0.25) is 0 Å². The molecule has 1 aromatic carbocycles. The Balaban J connectivity index is 2.15. The number of ether oxygens (including phenoxy) is 1. The normalized spacial score (nSPS) is 10.4. The third-order valence-electron chi connectivity index (χ3n) is 2.22. The molecular weight excluding hydrogens is 372 g/mol. The van der Waals surface area contributed by atoms with E-state index < -0.39 is 11.6 Å². The van der Waals surface area contributed by atoms with E-state index in [-0.39, 0.29) is 16.6 Å². The van der Waals surface area contributed by atoms with Crippen molar-refractivity contribution in [3.05, 3.63) is 56.7 Å². The third-order valence-corrected chi connectivity index (χ3v) is 3.30. The molecule has 0 aliphatic carbocycles. The zero-order valence-corrected chi connectivity index (χ0v) is 12.1. The van der Waals surface area contributed by atoms with E-state index >= 15 is 0 Å². The fourth-order valence-corrected chi connectivity index (χ4v) is 1.91. The summed E-state index contributed by atoms with van der Waals surface area (Å²) in [7, 11) is 0. The minimum absolute atomic E-state index is 0.118. The highest BCUT2D eigenvalue weighted by molar-refractivity contribution is 9.10. The summed E-state index contributed by atoms with van der Waals surface area (Å²) in [5.74, 6) is -0.849. The Bertz CT molecular complexity index is 561. The molecule has 0 unspecified atom stereocenters. The van der Waals surface area contributed by atoms with Crippen LogP contribution in [0.1, 0.15) is 5.56 Å². The fourth-order valence-electron chi connectivity index (χ4n) is 1.30. The lowest BCUT2D eigenvalue weighted by Crippen LogP contribution is -2.02. The molecule has 0 saturated heterocycles. The summed E-state index contributed by atoms with van der Waals surface area (Å²) >= 11 is 6.18. The van der Waals surface area contributed by atoms with Crippen molar-refractivity contribution in [2.24, 2.45) is 0 Å². The highest BCUT2D eigenvalue weighted by Gasteiger charge is 2.12. The first-order chi connectivity index (χ1) is 8.58. The van der Waals surface area contributed by atoms with Crippen LogP contribution in [-0.4, -0.2) is 4.98 Å². The average Bonchev–Trinajstić information content (AvgIpc) is 2.36. The molecule has 6 heteroatoms. The molecule has 0 fully saturated rings. The van der Waals surface area contributed by atoms with Crippen LogP contribution in [-0.2, 0) is 6.61 Å². The van der Waals surface area contributed by atoms with E-state index in [4.69, 9.17) is 4.74 Å². The molecule has 0 aliphatic heterocycles. The summed E-state index contributed by atoms with van der Waals surface area (Å²) in [5.41, 5.74) is -0.118. The molecule has 0 saturated carbocycles. The van der Waals surface area contributed by atoms with Crippen molar-refractivity contribution in [1.82, 2.24) is 4.98 Å². The smallest absolute Gasteiger partial charge is 0.146 e. The molecule has 1 heterocycles. The summed E-state index contributed by atoms with van der Waals surface area (Å²) < 4.78 is 33.2. The number of halogens is 4. The molecule has 2 rings (SSSR count). The van der Waals surface area contributed by atoms with Crippen LogP contribution in [0.4, 0.5) is 8.78 Å². The van der Waals surface area contributed by atoms with Crippen LogP contribution in [0.2, 0.25) is 0 Å². The quantitative estimate of drug-likeness (QED) is 0.581. The Morgan fingerprint density at radius 3 is 2.56 bits per heavy atom. The molecule has 0 aliphatic rings. The van der Waals surface area contributed by atoms with Crippen molar-refractivity contribution < 1.29 is 13.5 Å². The molecule has 0 bridgehead atoms. The molecule has 2 aromatic rings. The second-order valence-electron chi connectivity index (χ2n) is 3.43. The first kappa shape index (κ1) is 13.4. The van der Waals surface area contributed by atoms with Gasteiger partial charge in [-0.05, 0) is 56.1 Å². The molecule has 0 spiro atoms. The Labute approximate surface area is 119 Å². The summed E-state index contributed by atoms with van der Waals surface area (Å²) in [6, 6.07) is 5.84. The van der Waals surface area contributed by atoms with E-state index in [9.17, 15) is 8.78 Å². The van der Waals surface area contributed by atoms with E-state index in [1.165, 1.54) is 18.3 Å². The van der Waals surface area contributed by atoms with Crippen LogP contribution < -0.4 is 4.74 Å². The molecule has 0 amide bonds. The van der Waals surface area contributed by atoms with Crippen molar-refractivity contribution >= 4 is 31.9 Å². The SMILES string of the molecule is Fc1ccc(Br)c(F)c1COc1ccc(Br)nc1. The van der Waals surface area contributed by atoms with Gasteiger partial charge in [0.1, 0.15) is 28.6 Å². The summed E-state index contributed by atoms with van der Waals surface area (Å²) in [6.45, 7) is -0.194. The number of pyridine rings is 1. The van der Waals surface area contributed by atoms with E-state index in [0.29, 0.717) is 10.4 Å². The maximum atomic E-state index is 13.6. The van der Waals surface area contributed by atoms with E-state index in [1.54, 1.807) is 12.1 Å². The zero-order chi connectivity index (χ0) is 13.1. The minimum atomic E-state index is -0.653. The minimum Gasteiger partial charge on any atom is -0.487 e. The number of hydrogen-bond acceptors (Lipinski definition) is 2. The van der Waals surface area contributed by atoms with Gasteiger partial charge in [-0.25, -0.2) is 13.8 Å². The van der Waals surface area contributed by atoms with Gasteiger partial charge in [-0.3, -0.25) is 0 Å². The highest BCUT2D eigenvalue weighted by Crippen LogP contribution is 2.23.